The molecule has 1 aliphatic rings. The molecule has 3 N–H and O–H groups in total. The van der Waals surface area contributed by atoms with Crippen LogP contribution >= 0.6 is 0 Å². The third kappa shape index (κ3) is 2.40. The molecule has 1 fully saturated rings. The Bertz CT molecular complexity index is 705. The molecule has 2 aromatic heterocycles. The average Bonchev–Trinajstić information content (AvgIpc) is 3.24. The Kier molecular flexibility index (Phi) is 3.20. The van der Waals surface area contributed by atoms with Gasteiger partial charge in [0.15, 0.2) is 0 Å². The molecule has 0 saturated heterocycles. The molecular weight excluding hydrogens is 268 g/mol. The number of rotatable bonds is 4. The minimum Gasteiger partial charge on any atom is -0.345 e. The quantitative estimate of drug-likeness (QED) is 0.893. The van der Waals surface area contributed by atoms with Gasteiger partial charge >= 0.3 is 0 Å². The molecule has 2 heterocycles. The molecule has 6 heteroatoms. The smallest absolute Gasteiger partial charge is 0.258 e. The highest BCUT2D eigenvalue weighted by molar-refractivity contribution is 6.06. The van der Waals surface area contributed by atoms with Crippen LogP contribution in [0.4, 0.5) is 0 Å². The van der Waals surface area contributed by atoms with Crippen LogP contribution in [0.15, 0.2) is 10.6 Å². The van der Waals surface area contributed by atoms with Crippen LogP contribution in [-0.4, -0.2) is 28.1 Å². The highest BCUT2D eigenvalue weighted by atomic mass is 16.5. The van der Waals surface area contributed by atoms with Gasteiger partial charge < -0.3 is 15.6 Å². The van der Waals surface area contributed by atoms with E-state index in [-0.39, 0.29) is 11.4 Å². The topological polar surface area (TPSA) is 94.0 Å². The Morgan fingerprint density at radius 3 is 2.86 bits per heavy atom. The maximum atomic E-state index is 12.7. The third-order valence-electron chi connectivity index (χ3n) is 4.29. The van der Waals surface area contributed by atoms with Gasteiger partial charge in [0.1, 0.15) is 0 Å². The molecule has 0 bridgehead atoms. The largest absolute Gasteiger partial charge is 0.345 e. The SMILES string of the molecule is Cc1cc(C(=O)NC(C)(CN)C2CC2)c2c(C)noc2n1. The van der Waals surface area contributed by atoms with Gasteiger partial charge in [0, 0.05) is 12.2 Å². The first-order chi connectivity index (χ1) is 9.94. The number of carbonyl (C=O) groups excluding carboxylic acids is 1. The van der Waals surface area contributed by atoms with E-state index in [1.54, 1.807) is 6.07 Å². The zero-order chi connectivity index (χ0) is 15.2. The van der Waals surface area contributed by atoms with Gasteiger partial charge in [-0.05, 0) is 45.6 Å². The van der Waals surface area contributed by atoms with Gasteiger partial charge in [-0.3, -0.25) is 4.79 Å². The molecule has 0 radical (unpaired) electrons. The van der Waals surface area contributed by atoms with Crippen LogP contribution < -0.4 is 11.1 Å². The van der Waals surface area contributed by atoms with Crippen molar-refractivity contribution in [2.45, 2.75) is 39.2 Å². The van der Waals surface area contributed by atoms with Crippen molar-refractivity contribution < 1.29 is 9.32 Å². The molecule has 6 nitrogen and oxygen atoms in total. The Morgan fingerprint density at radius 1 is 1.52 bits per heavy atom. The Labute approximate surface area is 123 Å². The van der Waals surface area contributed by atoms with E-state index < -0.39 is 0 Å². The van der Waals surface area contributed by atoms with Crippen molar-refractivity contribution in [1.82, 2.24) is 15.5 Å². The fraction of sp³-hybridized carbons (Fsp3) is 0.533. The lowest BCUT2D eigenvalue weighted by atomic mass is 9.95. The normalized spacial score (nSPS) is 17.7. The van der Waals surface area contributed by atoms with Gasteiger partial charge in [-0.15, -0.1) is 0 Å². The van der Waals surface area contributed by atoms with Crippen LogP contribution in [0.2, 0.25) is 0 Å². The summed E-state index contributed by atoms with van der Waals surface area (Å²) >= 11 is 0. The van der Waals surface area contributed by atoms with Crippen LogP contribution in [0.1, 0.15) is 41.5 Å². The number of hydrogen-bond donors (Lipinski definition) is 2. The van der Waals surface area contributed by atoms with Crippen molar-refractivity contribution in [2.75, 3.05) is 6.54 Å². The minimum atomic E-state index is -0.356. The first-order valence-corrected chi connectivity index (χ1v) is 7.21. The Morgan fingerprint density at radius 2 is 2.24 bits per heavy atom. The monoisotopic (exact) mass is 288 g/mol. The summed E-state index contributed by atoms with van der Waals surface area (Å²) in [6.07, 6.45) is 2.23. The number of hydrogen-bond acceptors (Lipinski definition) is 5. The fourth-order valence-corrected chi connectivity index (χ4v) is 2.76. The lowest BCUT2D eigenvalue weighted by Crippen LogP contribution is -2.53. The number of amides is 1. The minimum absolute atomic E-state index is 0.142. The molecule has 0 aliphatic heterocycles. The van der Waals surface area contributed by atoms with Gasteiger partial charge in [-0.25, -0.2) is 4.98 Å². The lowest BCUT2D eigenvalue weighted by Gasteiger charge is -2.29. The summed E-state index contributed by atoms with van der Waals surface area (Å²) in [5.41, 5.74) is 7.86. The summed E-state index contributed by atoms with van der Waals surface area (Å²) in [7, 11) is 0. The highest BCUT2D eigenvalue weighted by Crippen LogP contribution is 2.39. The van der Waals surface area contributed by atoms with E-state index in [1.807, 2.05) is 20.8 Å². The van der Waals surface area contributed by atoms with Gasteiger partial charge in [0.25, 0.3) is 11.6 Å². The molecule has 0 spiro atoms. The lowest BCUT2D eigenvalue weighted by molar-refractivity contribution is 0.0899. The summed E-state index contributed by atoms with van der Waals surface area (Å²) in [6.45, 7) is 6.08. The van der Waals surface area contributed by atoms with Crippen molar-refractivity contribution in [3.63, 3.8) is 0 Å². The average molecular weight is 288 g/mol. The predicted molar refractivity (Wildman–Crippen MR) is 78.9 cm³/mol. The number of nitrogens with two attached hydrogens (primary N) is 1. The van der Waals surface area contributed by atoms with Crippen LogP contribution in [0.5, 0.6) is 0 Å². The van der Waals surface area contributed by atoms with Crippen molar-refractivity contribution in [3.05, 3.63) is 23.0 Å². The number of nitrogens with one attached hydrogen (secondary N) is 1. The van der Waals surface area contributed by atoms with E-state index in [1.165, 1.54) is 0 Å². The van der Waals surface area contributed by atoms with Crippen LogP contribution in [-0.2, 0) is 0 Å². The highest BCUT2D eigenvalue weighted by Gasteiger charge is 2.42. The third-order valence-corrected chi connectivity index (χ3v) is 4.29. The second-order valence-electron chi connectivity index (χ2n) is 6.11. The number of aromatic nitrogens is 2. The van der Waals surface area contributed by atoms with Gasteiger partial charge in [0.2, 0.25) is 0 Å². The molecule has 21 heavy (non-hydrogen) atoms. The van der Waals surface area contributed by atoms with Crippen molar-refractivity contribution in [3.8, 4) is 0 Å². The predicted octanol–water partition coefficient (Wildman–Crippen LogP) is 1.70. The van der Waals surface area contributed by atoms with E-state index in [9.17, 15) is 4.79 Å². The first kappa shape index (κ1) is 14.0. The number of aryl methyl sites for hydroxylation is 2. The molecule has 0 aromatic carbocycles. The van der Waals surface area contributed by atoms with Crippen molar-refractivity contribution >= 4 is 17.0 Å². The molecule has 1 atom stereocenters. The maximum absolute atomic E-state index is 12.7. The van der Waals surface area contributed by atoms with Crippen molar-refractivity contribution in [2.24, 2.45) is 11.7 Å². The number of pyridine rings is 1. The summed E-state index contributed by atoms with van der Waals surface area (Å²) in [6, 6.07) is 1.77. The maximum Gasteiger partial charge on any atom is 0.258 e. The second-order valence-corrected chi connectivity index (χ2v) is 6.11. The Hall–Kier alpha value is -1.95. The van der Waals surface area contributed by atoms with E-state index in [4.69, 9.17) is 10.3 Å². The number of nitrogens with zero attached hydrogens (tertiary/aromatic N) is 2. The first-order valence-electron chi connectivity index (χ1n) is 7.21. The van der Waals surface area contributed by atoms with Gasteiger partial charge in [0.05, 0.1) is 22.2 Å². The van der Waals surface area contributed by atoms with E-state index in [2.05, 4.69) is 15.5 Å². The van der Waals surface area contributed by atoms with Crippen LogP contribution in [0.3, 0.4) is 0 Å². The molecule has 112 valence electrons. The van der Waals surface area contributed by atoms with Crippen LogP contribution in [0.25, 0.3) is 11.1 Å². The molecular formula is C15H20N4O2. The standard InChI is InChI=1S/C15H20N4O2/c1-8-6-11(12-9(2)19-21-14(12)17-8)13(20)18-15(3,7-16)10-4-5-10/h6,10H,4-5,7,16H2,1-3H3,(H,18,20). The van der Waals surface area contributed by atoms with Gasteiger partial charge in [-0.1, -0.05) is 5.16 Å². The summed E-state index contributed by atoms with van der Waals surface area (Å²) in [4.78, 5) is 17.0. The fourth-order valence-electron chi connectivity index (χ4n) is 2.76. The molecule has 1 aliphatic carbocycles. The van der Waals surface area contributed by atoms with E-state index in [0.29, 0.717) is 34.8 Å². The zero-order valence-corrected chi connectivity index (χ0v) is 12.6. The Balaban J connectivity index is 1.99. The number of fused-ring (bicyclic) bond motifs is 1. The van der Waals surface area contributed by atoms with E-state index in [0.717, 1.165) is 18.5 Å². The van der Waals surface area contributed by atoms with Crippen molar-refractivity contribution in [1.29, 1.82) is 0 Å². The van der Waals surface area contributed by atoms with E-state index >= 15 is 0 Å². The van der Waals surface area contributed by atoms with Gasteiger partial charge in [-0.2, -0.15) is 0 Å². The summed E-state index contributed by atoms with van der Waals surface area (Å²) < 4.78 is 5.17. The molecule has 1 unspecified atom stereocenters. The summed E-state index contributed by atoms with van der Waals surface area (Å²) in [5.74, 6) is 0.324. The molecule has 3 rings (SSSR count). The molecule has 1 amide bonds. The number of carbonyl (C=O) groups is 1. The molecule has 1 saturated carbocycles. The van der Waals surface area contributed by atoms with Crippen LogP contribution in [0, 0.1) is 19.8 Å². The molecule has 2 aromatic rings. The summed E-state index contributed by atoms with van der Waals surface area (Å²) in [5, 5.41) is 7.67. The zero-order valence-electron chi connectivity index (χ0n) is 12.6. The second kappa shape index (κ2) is 4.80.